The Bertz CT molecular complexity index is 463. The first-order valence-corrected chi connectivity index (χ1v) is 5.43. The highest BCUT2D eigenvalue weighted by Gasteiger charge is 2.20. The molecule has 1 aromatic carbocycles. The molecular weight excluding hydrogens is 239 g/mol. The molecule has 0 saturated heterocycles. The molecule has 6 heteroatoms. The Hall–Kier alpha value is -2.11. The fourth-order valence-electron chi connectivity index (χ4n) is 1.38. The summed E-state index contributed by atoms with van der Waals surface area (Å²) >= 11 is 0. The van der Waals surface area contributed by atoms with Crippen molar-refractivity contribution in [3.05, 3.63) is 29.6 Å². The number of carbonyl (C=O) groups excluding carboxylic acids is 2. The number of ether oxygens (including phenoxy) is 1. The number of benzene rings is 1. The van der Waals surface area contributed by atoms with Gasteiger partial charge in [-0.1, -0.05) is 6.92 Å². The Morgan fingerprint density at radius 1 is 1.50 bits per heavy atom. The zero-order chi connectivity index (χ0) is 13.7. The minimum Gasteiger partial charge on any atom is -0.467 e. The molecule has 0 saturated carbocycles. The Balaban J connectivity index is 2.81. The van der Waals surface area contributed by atoms with Crippen LogP contribution >= 0.6 is 0 Å². The van der Waals surface area contributed by atoms with Gasteiger partial charge in [-0.3, -0.25) is 4.79 Å². The number of nitrogens with two attached hydrogens (primary N) is 1. The topological polar surface area (TPSA) is 81.4 Å². The van der Waals surface area contributed by atoms with Gasteiger partial charge >= 0.3 is 5.97 Å². The highest BCUT2D eigenvalue weighted by molar-refractivity contribution is 5.97. The molecule has 0 radical (unpaired) electrons. The fourth-order valence-corrected chi connectivity index (χ4v) is 1.38. The molecule has 0 bridgehead atoms. The van der Waals surface area contributed by atoms with Gasteiger partial charge in [0.05, 0.1) is 12.8 Å². The van der Waals surface area contributed by atoms with E-state index in [2.05, 4.69) is 10.1 Å². The lowest BCUT2D eigenvalue weighted by Crippen LogP contribution is -2.41. The average Bonchev–Trinajstić information content (AvgIpc) is 2.37. The van der Waals surface area contributed by atoms with Crippen LogP contribution in [0.15, 0.2) is 18.2 Å². The fraction of sp³-hybridized carbons (Fsp3) is 0.333. The number of halogens is 1. The summed E-state index contributed by atoms with van der Waals surface area (Å²) in [5.74, 6) is -1.76. The molecule has 5 nitrogen and oxygen atoms in total. The molecular formula is C12H15FN2O3. The zero-order valence-corrected chi connectivity index (χ0v) is 10.2. The molecule has 1 rings (SSSR count). The van der Waals surface area contributed by atoms with Gasteiger partial charge in [0.25, 0.3) is 5.91 Å². The van der Waals surface area contributed by atoms with Crippen LogP contribution in [0.1, 0.15) is 23.7 Å². The molecule has 1 aromatic rings. The number of methoxy groups -OCH3 is 1. The largest absolute Gasteiger partial charge is 0.467 e. The summed E-state index contributed by atoms with van der Waals surface area (Å²) in [6.07, 6.45) is 0.385. The Morgan fingerprint density at radius 2 is 2.17 bits per heavy atom. The summed E-state index contributed by atoms with van der Waals surface area (Å²) in [5, 5.41) is 2.46. The van der Waals surface area contributed by atoms with Crippen LogP contribution in [0.5, 0.6) is 0 Å². The van der Waals surface area contributed by atoms with Gasteiger partial charge in [-0.2, -0.15) is 0 Å². The third-order valence-electron chi connectivity index (χ3n) is 2.46. The maximum atomic E-state index is 13.2. The Kier molecular flexibility index (Phi) is 4.65. The predicted molar refractivity (Wildman–Crippen MR) is 64.4 cm³/mol. The molecule has 0 heterocycles. The van der Waals surface area contributed by atoms with E-state index in [1.807, 2.05) is 0 Å². The third kappa shape index (κ3) is 3.19. The van der Waals surface area contributed by atoms with Crippen molar-refractivity contribution in [2.24, 2.45) is 0 Å². The van der Waals surface area contributed by atoms with Crippen LogP contribution in [0.4, 0.5) is 10.1 Å². The van der Waals surface area contributed by atoms with Gasteiger partial charge < -0.3 is 15.8 Å². The van der Waals surface area contributed by atoms with Gasteiger partial charge in [-0.05, 0) is 24.6 Å². The van der Waals surface area contributed by atoms with E-state index in [0.29, 0.717) is 6.42 Å². The molecule has 98 valence electrons. The van der Waals surface area contributed by atoms with Crippen molar-refractivity contribution in [3.8, 4) is 0 Å². The van der Waals surface area contributed by atoms with Crippen LogP contribution in [-0.4, -0.2) is 25.0 Å². The van der Waals surface area contributed by atoms with Crippen LogP contribution in [0.25, 0.3) is 0 Å². The summed E-state index contributed by atoms with van der Waals surface area (Å²) in [6, 6.07) is 2.96. The second-order valence-electron chi connectivity index (χ2n) is 3.69. The first kappa shape index (κ1) is 14.0. The number of hydrogen-bond donors (Lipinski definition) is 2. The van der Waals surface area contributed by atoms with Crippen LogP contribution in [0.2, 0.25) is 0 Å². The molecule has 1 atom stereocenters. The smallest absolute Gasteiger partial charge is 0.328 e. The van der Waals surface area contributed by atoms with Gasteiger partial charge in [-0.25, -0.2) is 9.18 Å². The lowest BCUT2D eigenvalue weighted by atomic mass is 10.1. The van der Waals surface area contributed by atoms with Crippen molar-refractivity contribution in [1.29, 1.82) is 0 Å². The van der Waals surface area contributed by atoms with E-state index in [-0.39, 0.29) is 11.3 Å². The number of nitrogens with one attached hydrogen (secondary N) is 1. The van der Waals surface area contributed by atoms with Crippen LogP contribution in [0.3, 0.4) is 0 Å². The lowest BCUT2D eigenvalue weighted by molar-refractivity contribution is -0.142. The molecule has 0 aromatic heterocycles. The molecule has 0 aliphatic heterocycles. The van der Waals surface area contributed by atoms with Gasteiger partial charge in [0.15, 0.2) is 0 Å². The number of anilines is 1. The SMILES string of the molecule is CCC(NC(=O)c1ccc(N)c(F)c1)C(=O)OC. The monoisotopic (exact) mass is 254 g/mol. The summed E-state index contributed by atoms with van der Waals surface area (Å²) < 4.78 is 17.7. The van der Waals surface area contributed by atoms with E-state index in [1.165, 1.54) is 19.2 Å². The van der Waals surface area contributed by atoms with E-state index in [0.717, 1.165) is 6.07 Å². The molecule has 0 fully saturated rings. The van der Waals surface area contributed by atoms with Gasteiger partial charge in [0.1, 0.15) is 11.9 Å². The average molecular weight is 254 g/mol. The minimum absolute atomic E-state index is 0.0356. The van der Waals surface area contributed by atoms with Gasteiger partial charge in [0.2, 0.25) is 0 Å². The number of esters is 1. The quantitative estimate of drug-likeness (QED) is 0.622. The molecule has 1 amide bonds. The number of rotatable bonds is 4. The van der Waals surface area contributed by atoms with E-state index >= 15 is 0 Å². The summed E-state index contributed by atoms with van der Waals surface area (Å²) in [7, 11) is 1.24. The Morgan fingerprint density at radius 3 is 2.67 bits per heavy atom. The first-order valence-electron chi connectivity index (χ1n) is 5.43. The third-order valence-corrected chi connectivity index (χ3v) is 2.46. The zero-order valence-electron chi connectivity index (χ0n) is 10.2. The van der Waals surface area contributed by atoms with E-state index in [4.69, 9.17) is 5.73 Å². The van der Waals surface area contributed by atoms with Gasteiger partial charge in [-0.15, -0.1) is 0 Å². The predicted octanol–water partition coefficient (Wildman–Crippen LogP) is 1.09. The van der Waals surface area contributed by atoms with E-state index < -0.39 is 23.7 Å². The Labute approximate surface area is 104 Å². The molecule has 0 aliphatic carbocycles. The summed E-state index contributed by atoms with van der Waals surface area (Å²) in [5.41, 5.74) is 5.37. The molecule has 18 heavy (non-hydrogen) atoms. The molecule has 0 aliphatic rings. The minimum atomic E-state index is -0.747. The second-order valence-corrected chi connectivity index (χ2v) is 3.69. The number of nitrogen functional groups attached to an aromatic ring is 1. The number of amides is 1. The number of hydrogen-bond acceptors (Lipinski definition) is 4. The maximum Gasteiger partial charge on any atom is 0.328 e. The van der Waals surface area contributed by atoms with Crippen molar-refractivity contribution < 1.29 is 18.7 Å². The van der Waals surface area contributed by atoms with Crippen LogP contribution < -0.4 is 11.1 Å². The van der Waals surface area contributed by atoms with Crippen molar-refractivity contribution in [1.82, 2.24) is 5.32 Å². The molecule has 3 N–H and O–H groups in total. The van der Waals surface area contributed by atoms with Gasteiger partial charge in [0, 0.05) is 5.56 Å². The summed E-state index contributed by atoms with van der Waals surface area (Å²) in [6.45, 7) is 1.73. The number of carbonyl (C=O) groups is 2. The van der Waals surface area contributed by atoms with Crippen LogP contribution in [0, 0.1) is 5.82 Å². The molecule has 0 spiro atoms. The normalized spacial score (nSPS) is 11.7. The summed E-state index contributed by atoms with van der Waals surface area (Å²) in [4.78, 5) is 23.1. The maximum absolute atomic E-state index is 13.2. The first-order chi connectivity index (χ1) is 8.49. The highest BCUT2D eigenvalue weighted by Crippen LogP contribution is 2.12. The van der Waals surface area contributed by atoms with E-state index in [1.54, 1.807) is 6.92 Å². The highest BCUT2D eigenvalue weighted by atomic mass is 19.1. The van der Waals surface area contributed by atoms with Crippen molar-refractivity contribution in [2.75, 3.05) is 12.8 Å². The molecule has 1 unspecified atom stereocenters. The van der Waals surface area contributed by atoms with Crippen molar-refractivity contribution >= 4 is 17.6 Å². The van der Waals surface area contributed by atoms with Crippen molar-refractivity contribution in [3.63, 3.8) is 0 Å². The van der Waals surface area contributed by atoms with E-state index in [9.17, 15) is 14.0 Å². The second kappa shape index (κ2) is 6.00. The lowest BCUT2D eigenvalue weighted by Gasteiger charge is -2.14. The standard InChI is InChI=1S/C12H15FN2O3/c1-3-10(12(17)18-2)15-11(16)7-4-5-9(14)8(13)6-7/h4-6,10H,3,14H2,1-2H3,(H,15,16). The van der Waals surface area contributed by atoms with Crippen molar-refractivity contribution in [2.45, 2.75) is 19.4 Å². The van der Waals surface area contributed by atoms with Crippen LogP contribution in [-0.2, 0) is 9.53 Å².